The van der Waals surface area contributed by atoms with Crippen molar-refractivity contribution >= 4 is 45.0 Å². The Kier molecular flexibility index (Phi) is 4.20. The number of anilines is 2. The zero-order chi connectivity index (χ0) is 21.1. The van der Waals surface area contributed by atoms with E-state index in [1.165, 1.54) is 11.3 Å². The number of aromatic nitrogens is 5. The lowest BCUT2D eigenvalue weighted by Crippen LogP contribution is -2.24. The summed E-state index contributed by atoms with van der Waals surface area (Å²) in [4.78, 5) is 29.5. The van der Waals surface area contributed by atoms with E-state index >= 15 is 0 Å². The molecule has 0 aromatic carbocycles. The first kappa shape index (κ1) is 19.4. The molecular weight excluding hydrogens is 386 g/mol. The van der Waals surface area contributed by atoms with Gasteiger partial charge in [-0.15, -0.1) is 11.3 Å². The number of hydrogen-bond donors (Lipinski definition) is 3. The number of nitrogens with zero attached hydrogens (tertiary/aromatic N) is 4. The maximum absolute atomic E-state index is 12.2. The molecule has 5 N–H and O–H groups in total. The third kappa shape index (κ3) is 3.25. The van der Waals surface area contributed by atoms with Gasteiger partial charge in [0.25, 0.3) is 5.56 Å². The number of aromatic amines is 1. The summed E-state index contributed by atoms with van der Waals surface area (Å²) >= 11 is 1.50. The van der Waals surface area contributed by atoms with Gasteiger partial charge in [0.05, 0.1) is 16.3 Å². The fourth-order valence-electron chi connectivity index (χ4n) is 3.62. The lowest BCUT2D eigenvalue weighted by Gasteiger charge is -2.24. The normalized spacial score (nSPS) is 12.9. The summed E-state index contributed by atoms with van der Waals surface area (Å²) in [7, 11) is 0. The van der Waals surface area contributed by atoms with Crippen LogP contribution in [0.3, 0.4) is 0 Å². The quantitative estimate of drug-likeness (QED) is 0.475. The van der Waals surface area contributed by atoms with Crippen LogP contribution in [0, 0.1) is 0 Å². The van der Waals surface area contributed by atoms with E-state index in [1.807, 2.05) is 17.6 Å². The van der Waals surface area contributed by atoms with Crippen molar-refractivity contribution in [1.29, 1.82) is 0 Å². The molecule has 0 saturated heterocycles. The van der Waals surface area contributed by atoms with Gasteiger partial charge in [0.2, 0.25) is 5.95 Å². The molecule has 4 rings (SSSR count). The van der Waals surface area contributed by atoms with Gasteiger partial charge in [-0.1, -0.05) is 13.8 Å². The minimum absolute atomic E-state index is 0.114. The van der Waals surface area contributed by atoms with Crippen LogP contribution in [0.4, 0.5) is 11.8 Å². The summed E-state index contributed by atoms with van der Waals surface area (Å²) < 4.78 is 2.11. The molecule has 0 unspecified atom stereocenters. The average molecular weight is 412 g/mol. The average Bonchev–Trinajstić information content (AvgIpc) is 3.18. The first-order valence-corrected chi connectivity index (χ1v) is 10.3. The van der Waals surface area contributed by atoms with Crippen LogP contribution in [0.5, 0.6) is 0 Å². The molecule has 29 heavy (non-hydrogen) atoms. The Balaban J connectivity index is 1.81. The highest BCUT2D eigenvalue weighted by atomic mass is 32.1. The number of thiophene rings is 1. The van der Waals surface area contributed by atoms with Gasteiger partial charge < -0.3 is 16.0 Å². The van der Waals surface area contributed by atoms with Gasteiger partial charge in [0.1, 0.15) is 17.3 Å². The highest BCUT2D eigenvalue weighted by Gasteiger charge is 2.29. The smallest absolute Gasteiger partial charge is 0.261 e. The number of hydrogen-bond acceptors (Lipinski definition) is 7. The Morgan fingerprint density at radius 3 is 2.52 bits per heavy atom. The highest BCUT2D eigenvalue weighted by Crippen LogP contribution is 2.36. The Hall–Kier alpha value is -2.94. The monoisotopic (exact) mass is 411 g/mol. The van der Waals surface area contributed by atoms with Gasteiger partial charge in [-0.2, -0.15) is 0 Å². The molecule has 8 nitrogen and oxygen atoms in total. The summed E-state index contributed by atoms with van der Waals surface area (Å²) in [5.74, 6) is 1.24. The maximum atomic E-state index is 12.2. The second-order valence-corrected chi connectivity index (χ2v) is 9.84. The molecule has 0 bridgehead atoms. The number of nitrogen functional groups attached to an aromatic ring is 2. The van der Waals surface area contributed by atoms with Gasteiger partial charge in [0, 0.05) is 33.8 Å². The Morgan fingerprint density at radius 1 is 1.10 bits per heavy atom. The molecule has 4 heterocycles. The van der Waals surface area contributed by atoms with Crippen molar-refractivity contribution < 1.29 is 0 Å². The molecule has 152 valence electrons. The molecule has 0 saturated carbocycles. The Morgan fingerprint density at radius 2 is 1.83 bits per heavy atom. The molecular formula is C20H25N7OS. The van der Waals surface area contributed by atoms with E-state index in [-0.39, 0.29) is 22.5 Å². The Labute approximate surface area is 172 Å². The van der Waals surface area contributed by atoms with E-state index in [0.717, 1.165) is 15.9 Å². The number of fused-ring (bicyclic) bond motifs is 2. The molecule has 0 radical (unpaired) electrons. The molecule has 0 spiro atoms. The van der Waals surface area contributed by atoms with Crippen molar-refractivity contribution in [1.82, 2.24) is 24.5 Å². The molecule has 0 aliphatic heterocycles. The number of H-pyrrole nitrogens is 1. The Bertz CT molecular complexity index is 1290. The summed E-state index contributed by atoms with van der Waals surface area (Å²) in [6.07, 6.45) is 2.54. The van der Waals surface area contributed by atoms with Gasteiger partial charge in [-0.25, -0.2) is 15.0 Å². The first-order valence-electron chi connectivity index (χ1n) is 9.39. The molecule has 0 amide bonds. The van der Waals surface area contributed by atoms with Gasteiger partial charge in [0.15, 0.2) is 0 Å². The summed E-state index contributed by atoms with van der Waals surface area (Å²) in [6.45, 7) is 10.5. The zero-order valence-electron chi connectivity index (χ0n) is 17.2. The fraction of sp³-hybridized carbons (Fsp3) is 0.400. The highest BCUT2D eigenvalue weighted by molar-refractivity contribution is 7.11. The van der Waals surface area contributed by atoms with Gasteiger partial charge in [-0.05, 0) is 26.8 Å². The van der Waals surface area contributed by atoms with Crippen molar-refractivity contribution in [3.8, 4) is 0 Å². The second kappa shape index (κ2) is 6.28. The largest absolute Gasteiger partial charge is 0.383 e. The topological polar surface area (TPSA) is 128 Å². The third-order valence-electron chi connectivity index (χ3n) is 5.04. The fourth-order valence-corrected chi connectivity index (χ4v) is 4.73. The maximum Gasteiger partial charge on any atom is 0.261 e. The SMILES string of the molecule is CC(C)(Cc1nc(N)c2ccn(C(C)(C)C)c2n1)c1scc2c(=O)[nH]c(N)nc12. The minimum Gasteiger partial charge on any atom is -0.383 e. The van der Waals surface area contributed by atoms with Crippen LogP contribution in [-0.4, -0.2) is 24.5 Å². The van der Waals surface area contributed by atoms with Crippen molar-refractivity contribution in [2.75, 3.05) is 11.5 Å². The van der Waals surface area contributed by atoms with Crippen LogP contribution < -0.4 is 17.0 Å². The molecule has 0 atom stereocenters. The first-order chi connectivity index (χ1) is 13.5. The van der Waals surface area contributed by atoms with E-state index < -0.39 is 0 Å². The predicted octanol–water partition coefficient (Wildman–Crippen LogP) is 3.17. The van der Waals surface area contributed by atoms with E-state index in [2.05, 4.69) is 54.1 Å². The van der Waals surface area contributed by atoms with Crippen LogP contribution >= 0.6 is 11.3 Å². The molecule has 4 aromatic heterocycles. The zero-order valence-corrected chi connectivity index (χ0v) is 18.0. The molecule has 0 aliphatic rings. The summed E-state index contributed by atoms with van der Waals surface area (Å²) in [5, 5.41) is 3.22. The van der Waals surface area contributed by atoms with Crippen molar-refractivity contribution in [2.24, 2.45) is 0 Å². The van der Waals surface area contributed by atoms with Gasteiger partial charge >= 0.3 is 0 Å². The molecule has 0 aliphatic carbocycles. The molecule has 4 aromatic rings. The minimum atomic E-state index is -0.362. The van der Waals surface area contributed by atoms with Crippen LogP contribution in [0.1, 0.15) is 45.3 Å². The van der Waals surface area contributed by atoms with E-state index in [4.69, 9.17) is 16.5 Å². The molecule has 0 fully saturated rings. The number of nitrogens with one attached hydrogen (secondary N) is 1. The summed E-state index contributed by atoms with van der Waals surface area (Å²) in [6, 6.07) is 1.95. The molecule has 9 heteroatoms. The lowest BCUT2D eigenvalue weighted by atomic mass is 9.86. The van der Waals surface area contributed by atoms with Crippen molar-refractivity contribution in [3.05, 3.63) is 38.7 Å². The standard InChI is InChI=1S/C20H25N7OS/c1-19(2,3)27-7-6-10-15(21)23-12(24-16(10)27)8-20(4,5)14-13-11(9-29-14)17(28)26-18(22)25-13/h6-7,9H,8H2,1-5H3,(H2,21,23,24)(H3,22,25,26,28). The van der Waals surface area contributed by atoms with Crippen LogP contribution in [0.2, 0.25) is 0 Å². The van der Waals surface area contributed by atoms with E-state index in [0.29, 0.717) is 29.0 Å². The van der Waals surface area contributed by atoms with Crippen LogP contribution in [-0.2, 0) is 17.4 Å². The van der Waals surface area contributed by atoms with E-state index in [1.54, 1.807) is 0 Å². The predicted molar refractivity (Wildman–Crippen MR) is 118 cm³/mol. The van der Waals surface area contributed by atoms with Crippen molar-refractivity contribution in [3.63, 3.8) is 0 Å². The lowest BCUT2D eigenvalue weighted by molar-refractivity contribution is 0.408. The van der Waals surface area contributed by atoms with Crippen molar-refractivity contribution in [2.45, 2.75) is 52.0 Å². The van der Waals surface area contributed by atoms with Gasteiger partial charge in [-0.3, -0.25) is 9.78 Å². The summed E-state index contributed by atoms with van der Waals surface area (Å²) in [5.41, 5.74) is 12.8. The van der Waals surface area contributed by atoms with Crippen LogP contribution in [0.15, 0.2) is 22.4 Å². The third-order valence-corrected chi connectivity index (χ3v) is 6.38. The number of rotatable bonds is 3. The van der Waals surface area contributed by atoms with Crippen LogP contribution in [0.25, 0.3) is 21.9 Å². The number of nitrogens with two attached hydrogens (primary N) is 2. The second-order valence-electron chi connectivity index (χ2n) is 8.96. The van der Waals surface area contributed by atoms with E-state index in [9.17, 15) is 4.79 Å².